The fraction of sp³-hybridized carbons (Fsp3) is 0.250. The van der Waals surface area contributed by atoms with Gasteiger partial charge in [-0.2, -0.15) is 0 Å². The summed E-state index contributed by atoms with van der Waals surface area (Å²) in [5.74, 6) is -3.01. The summed E-state index contributed by atoms with van der Waals surface area (Å²) in [4.78, 5) is 12.0. The Balaban J connectivity index is 2.19. The van der Waals surface area contributed by atoms with E-state index < -0.39 is 34.1 Å². The van der Waals surface area contributed by atoms with Gasteiger partial charge >= 0.3 is 0 Å². The number of hydrogen-bond acceptors (Lipinski definition) is 7. The number of amides is 1. The molecule has 1 heterocycles. The minimum atomic E-state index is -3.89. The van der Waals surface area contributed by atoms with E-state index in [1.807, 2.05) is 0 Å². The van der Waals surface area contributed by atoms with Crippen molar-refractivity contribution < 1.29 is 22.0 Å². The average molecular weight is 394 g/mol. The van der Waals surface area contributed by atoms with Crippen LogP contribution in [0.25, 0.3) is 0 Å². The SMILES string of the molecule is CSc1nnc(NC(=O)CN(c2ccc(F)c(F)c2)S(C)(=O)=O)s1. The van der Waals surface area contributed by atoms with Crippen LogP contribution in [0.1, 0.15) is 0 Å². The van der Waals surface area contributed by atoms with Crippen LogP contribution in [0.4, 0.5) is 19.6 Å². The molecule has 7 nitrogen and oxygen atoms in total. The molecule has 130 valence electrons. The van der Waals surface area contributed by atoms with Crippen LogP contribution >= 0.6 is 23.1 Å². The number of rotatable bonds is 6. The van der Waals surface area contributed by atoms with E-state index in [0.717, 1.165) is 29.7 Å². The fourth-order valence-electron chi connectivity index (χ4n) is 1.67. The van der Waals surface area contributed by atoms with Gasteiger partial charge in [-0.15, -0.1) is 10.2 Å². The number of benzene rings is 1. The number of nitrogens with one attached hydrogen (secondary N) is 1. The number of nitrogens with zero attached hydrogens (tertiary/aromatic N) is 3. The third kappa shape index (κ3) is 4.61. The molecule has 0 spiro atoms. The molecule has 0 atom stereocenters. The Morgan fingerprint density at radius 3 is 2.58 bits per heavy atom. The zero-order valence-corrected chi connectivity index (χ0v) is 14.9. The topological polar surface area (TPSA) is 92.3 Å². The molecule has 1 amide bonds. The Labute approximate surface area is 145 Å². The van der Waals surface area contributed by atoms with Gasteiger partial charge in [-0.25, -0.2) is 17.2 Å². The van der Waals surface area contributed by atoms with Gasteiger partial charge in [-0.05, 0) is 18.4 Å². The predicted octanol–water partition coefficient (Wildman–Crippen LogP) is 1.94. The lowest BCUT2D eigenvalue weighted by Crippen LogP contribution is -2.37. The maximum atomic E-state index is 13.3. The molecule has 1 N–H and O–H groups in total. The number of carbonyl (C=O) groups is 1. The highest BCUT2D eigenvalue weighted by atomic mass is 32.2. The van der Waals surface area contributed by atoms with Crippen molar-refractivity contribution in [1.82, 2.24) is 10.2 Å². The molecule has 0 aliphatic carbocycles. The first-order valence-electron chi connectivity index (χ1n) is 6.31. The molecule has 0 unspecified atom stereocenters. The summed E-state index contributed by atoms with van der Waals surface area (Å²) in [5, 5.41) is 10.1. The molecular weight excluding hydrogens is 382 g/mol. The molecule has 0 aliphatic heterocycles. The van der Waals surface area contributed by atoms with Crippen molar-refractivity contribution in [2.45, 2.75) is 4.34 Å². The van der Waals surface area contributed by atoms with Gasteiger partial charge in [0.05, 0.1) is 11.9 Å². The van der Waals surface area contributed by atoms with Crippen molar-refractivity contribution in [1.29, 1.82) is 0 Å². The van der Waals surface area contributed by atoms with Crippen molar-refractivity contribution in [3.63, 3.8) is 0 Å². The molecule has 0 saturated heterocycles. The van der Waals surface area contributed by atoms with Crippen LogP contribution in [0.15, 0.2) is 22.5 Å². The highest BCUT2D eigenvalue weighted by molar-refractivity contribution is 8.00. The van der Waals surface area contributed by atoms with Crippen LogP contribution in [0.2, 0.25) is 0 Å². The van der Waals surface area contributed by atoms with E-state index >= 15 is 0 Å². The number of hydrogen-bond donors (Lipinski definition) is 1. The Bertz CT molecular complexity index is 857. The minimum Gasteiger partial charge on any atom is -0.299 e. The molecule has 2 aromatic rings. The molecular formula is C12H12F2N4O3S3. The second-order valence-electron chi connectivity index (χ2n) is 4.49. The Hall–Kier alpha value is -1.79. The molecule has 0 fully saturated rings. The standard InChI is InChI=1S/C12H12F2N4O3S3/c1-22-12-17-16-11(23-12)15-10(19)6-18(24(2,20)21)7-3-4-8(13)9(14)5-7/h3-5H,6H2,1-2H3,(H,15,16,19). The second kappa shape index (κ2) is 7.40. The summed E-state index contributed by atoms with van der Waals surface area (Å²) < 4.78 is 51.4. The van der Waals surface area contributed by atoms with Crippen LogP contribution in [0.3, 0.4) is 0 Å². The maximum Gasteiger partial charge on any atom is 0.246 e. The monoisotopic (exact) mass is 394 g/mol. The third-order valence-electron chi connectivity index (χ3n) is 2.71. The van der Waals surface area contributed by atoms with Crippen LogP contribution in [0.5, 0.6) is 0 Å². The fourth-order valence-corrected chi connectivity index (χ4v) is 3.71. The molecule has 1 aromatic heterocycles. The zero-order chi connectivity index (χ0) is 17.9. The van der Waals surface area contributed by atoms with Gasteiger partial charge in [0, 0.05) is 6.07 Å². The normalized spacial score (nSPS) is 11.3. The second-order valence-corrected chi connectivity index (χ2v) is 8.43. The predicted molar refractivity (Wildman–Crippen MR) is 88.9 cm³/mol. The number of anilines is 2. The first kappa shape index (κ1) is 18.5. The van der Waals surface area contributed by atoms with E-state index in [0.29, 0.717) is 14.7 Å². The van der Waals surface area contributed by atoms with Crippen LogP contribution in [-0.2, 0) is 14.8 Å². The first-order valence-corrected chi connectivity index (χ1v) is 10.2. The number of thioether (sulfide) groups is 1. The van der Waals surface area contributed by atoms with E-state index in [1.165, 1.54) is 11.8 Å². The van der Waals surface area contributed by atoms with Gasteiger partial charge < -0.3 is 0 Å². The highest BCUT2D eigenvalue weighted by Crippen LogP contribution is 2.24. The van der Waals surface area contributed by atoms with Crippen LogP contribution in [-0.4, -0.2) is 43.6 Å². The molecule has 12 heteroatoms. The summed E-state index contributed by atoms with van der Waals surface area (Å²) in [6.45, 7) is -0.613. The van der Waals surface area contributed by atoms with Crippen molar-refractivity contribution >= 4 is 49.8 Å². The third-order valence-corrected chi connectivity index (χ3v) is 5.66. The van der Waals surface area contributed by atoms with Gasteiger partial charge in [-0.3, -0.25) is 14.4 Å². The van der Waals surface area contributed by atoms with Crippen molar-refractivity contribution in [3.05, 3.63) is 29.8 Å². The molecule has 0 bridgehead atoms. The lowest BCUT2D eigenvalue weighted by molar-refractivity contribution is -0.114. The summed E-state index contributed by atoms with van der Waals surface area (Å²) >= 11 is 2.47. The van der Waals surface area contributed by atoms with E-state index in [9.17, 15) is 22.0 Å². The van der Waals surface area contributed by atoms with Gasteiger partial charge in [0.1, 0.15) is 6.54 Å². The van der Waals surface area contributed by atoms with E-state index in [-0.39, 0.29) is 10.8 Å². The largest absolute Gasteiger partial charge is 0.299 e. The first-order chi connectivity index (χ1) is 11.2. The van der Waals surface area contributed by atoms with Crippen LogP contribution in [0, 0.1) is 11.6 Å². The number of halogens is 2. The Morgan fingerprint density at radius 1 is 1.33 bits per heavy atom. The average Bonchev–Trinajstić information content (AvgIpc) is 2.94. The maximum absolute atomic E-state index is 13.3. The molecule has 0 aliphatic rings. The molecule has 24 heavy (non-hydrogen) atoms. The number of carbonyl (C=O) groups excluding carboxylic acids is 1. The Morgan fingerprint density at radius 2 is 2.04 bits per heavy atom. The van der Waals surface area contributed by atoms with E-state index in [4.69, 9.17) is 0 Å². The van der Waals surface area contributed by atoms with Crippen molar-refractivity contribution in [3.8, 4) is 0 Å². The van der Waals surface area contributed by atoms with Gasteiger partial charge in [0.2, 0.25) is 21.1 Å². The van der Waals surface area contributed by atoms with E-state index in [2.05, 4.69) is 15.5 Å². The van der Waals surface area contributed by atoms with Gasteiger partial charge in [-0.1, -0.05) is 23.1 Å². The molecule has 2 rings (SSSR count). The van der Waals surface area contributed by atoms with Gasteiger partial charge in [0.25, 0.3) is 0 Å². The minimum absolute atomic E-state index is 0.159. The molecule has 0 radical (unpaired) electrons. The summed E-state index contributed by atoms with van der Waals surface area (Å²) in [7, 11) is -3.89. The quantitative estimate of drug-likeness (QED) is 0.595. The van der Waals surface area contributed by atoms with Crippen molar-refractivity contribution in [2.24, 2.45) is 0 Å². The summed E-state index contributed by atoms with van der Waals surface area (Å²) in [5.41, 5.74) is -0.159. The summed E-state index contributed by atoms with van der Waals surface area (Å²) in [6, 6.07) is 2.57. The lowest BCUT2D eigenvalue weighted by Gasteiger charge is -2.21. The van der Waals surface area contributed by atoms with Crippen LogP contribution < -0.4 is 9.62 Å². The summed E-state index contributed by atoms with van der Waals surface area (Å²) in [6.07, 6.45) is 2.65. The number of aromatic nitrogens is 2. The van der Waals surface area contributed by atoms with Gasteiger partial charge in [0.15, 0.2) is 16.0 Å². The van der Waals surface area contributed by atoms with E-state index in [1.54, 1.807) is 6.26 Å². The smallest absolute Gasteiger partial charge is 0.246 e. The number of sulfonamides is 1. The Kier molecular flexibility index (Phi) is 5.72. The zero-order valence-electron chi connectivity index (χ0n) is 12.5. The lowest BCUT2D eigenvalue weighted by atomic mass is 10.3. The molecule has 1 aromatic carbocycles. The molecule has 0 saturated carbocycles. The highest BCUT2D eigenvalue weighted by Gasteiger charge is 2.22. The van der Waals surface area contributed by atoms with Crippen molar-refractivity contribution in [2.75, 3.05) is 28.7 Å².